The Labute approximate surface area is 84.4 Å². The van der Waals surface area contributed by atoms with Crippen LogP contribution in [-0.4, -0.2) is 50.0 Å². The number of sulfone groups is 1. The molecule has 1 fully saturated rings. The zero-order chi connectivity index (χ0) is 10.9. The van der Waals surface area contributed by atoms with Crippen LogP contribution in [-0.2, 0) is 14.6 Å². The largest absolute Gasteiger partial charge is 0.325 e. The predicted molar refractivity (Wildman–Crippen MR) is 53.5 cm³/mol. The van der Waals surface area contributed by atoms with Crippen LogP contribution >= 0.6 is 0 Å². The van der Waals surface area contributed by atoms with Gasteiger partial charge in [0.1, 0.15) is 9.84 Å². The summed E-state index contributed by atoms with van der Waals surface area (Å²) in [6, 6.07) is -0.204. The highest BCUT2D eigenvalue weighted by atomic mass is 32.2. The maximum Gasteiger partial charge on any atom is 0.240 e. The van der Waals surface area contributed by atoms with E-state index in [0.717, 1.165) is 0 Å². The molecule has 5 nitrogen and oxygen atoms in total. The third-order valence-electron chi connectivity index (χ3n) is 2.32. The van der Waals surface area contributed by atoms with Gasteiger partial charge < -0.3 is 4.90 Å². The molecule has 0 aromatic carbocycles. The molecule has 1 amide bonds. The van der Waals surface area contributed by atoms with E-state index < -0.39 is 9.84 Å². The molecular weight excluding hydrogens is 204 g/mol. The Morgan fingerprint density at radius 1 is 1.43 bits per heavy atom. The molecule has 1 heterocycles. The molecule has 1 aliphatic heterocycles. The molecule has 0 aromatic heterocycles. The zero-order valence-corrected chi connectivity index (χ0v) is 9.47. The van der Waals surface area contributed by atoms with E-state index in [1.807, 2.05) is 6.92 Å². The first-order chi connectivity index (χ1) is 6.31. The van der Waals surface area contributed by atoms with Gasteiger partial charge in [0.15, 0.2) is 0 Å². The van der Waals surface area contributed by atoms with Gasteiger partial charge in [0.05, 0.1) is 18.0 Å². The van der Waals surface area contributed by atoms with Crippen molar-refractivity contribution in [3.05, 3.63) is 0 Å². The fraction of sp³-hybridized carbons (Fsp3) is 0.875. The maximum atomic E-state index is 11.5. The maximum absolute atomic E-state index is 11.5. The van der Waals surface area contributed by atoms with E-state index in [1.165, 1.54) is 6.26 Å². The van der Waals surface area contributed by atoms with Gasteiger partial charge in [0.25, 0.3) is 0 Å². The monoisotopic (exact) mass is 220 g/mol. The summed E-state index contributed by atoms with van der Waals surface area (Å²) in [5.41, 5.74) is 0. The van der Waals surface area contributed by atoms with E-state index in [2.05, 4.69) is 5.32 Å². The summed E-state index contributed by atoms with van der Waals surface area (Å²) in [5, 5.41) is 3.03. The van der Waals surface area contributed by atoms with E-state index in [9.17, 15) is 13.2 Å². The molecule has 0 spiro atoms. The van der Waals surface area contributed by atoms with Crippen LogP contribution in [0.15, 0.2) is 0 Å². The second-order valence-corrected chi connectivity index (χ2v) is 5.99. The third-order valence-corrected chi connectivity index (χ3v) is 3.24. The van der Waals surface area contributed by atoms with Gasteiger partial charge in [-0.2, -0.15) is 0 Å². The second-order valence-electron chi connectivity index (χ2n) is 3.73. The Morgan fingerprint density at radius 2 is 2.00 bits per heavy atom. The van der Waals surface area contributed by atoms with Crippen LogP contribution in [0.1, 0.15) is 13.8 Å². The molecule has 1 aliphatic rings. The summed E-state index contributed by atoms with van der Waals surface area (Å²) in [6.07, 6.45) is 1.11. The van der Waals surface area contributed by atoms with Crippen molar-refractivity contribution in [2.75, 3.05) is 18.6 Å². The van der Waals surface area contributed by atoms with Crippen molar-refractivity contribution >= 4 is 15.7 Å². The molecule has 0 bridgehead atoms. The normalized spacial score (nSPS) is 28.5. The number of carbonyl (C=O) groups is 1. The number of hydrogen-bond acceptors (Lipinski definition) is 4. The van der Waals surface area contributed by atoms with Crippen molar-refractivity contribution in [1.82, 2.24) is 10.2 Å². The van der Waals surface area contributed by atoms with Crippen LogP contribution in [0.4, 0.5) is 0 Å². The van der Waals surface area contributed by atoms with Gasteiger partial charge in [0, 0.05) is 12.8 Å². The summed E-state index contributed by atoms with van der Waals surface area (Å²) in [4.78, 5) is 13.1. The standard InChI is InChI=1S/C8H16N2O3S/c1-6-8(11)10(7(2)9-6)4-5-14(3,12)13/h6-7,9H,4-5H2,1-3H3. The van der Waals surface area contributed by atoms with Crippen molar-refractivity contribution in [2.24, 2.45) is 0 Å². The van der Waals surface area contributed by atoms with E-state index in [4.69, 9.17) is 0 Å². The van der Waals surface area contributed by atoms with Gasteiger partial charge in [-0.15, -0.1) is 0 Å². The first kappa shape index (κ1) is 11.5. The molecule has 0 aromatic rings. The molecule has 0 saturated carbocycles. The molecule has 1 N–H and O–H groups in total. The zero-order valence-electron chi connectivity index (χ0n) is 8.65. The van der Waals surface area contributed by atoms with Crippen LogP contribution in [0, 0.1) is 0 Å². The molecule has 2 atom stereocenters. The van der Waals surface area contributed by atoms with Crippen molar-refractivity contribution in [3.63, 3.8) is 0 Å². The molecule has 1 saturated heterocycles. The van der Waals surface area contributed by atoms with E-state index in [0.29, 0.717) is 0 Å². The lowest BCUT2D eigenvalue weighted by molar-refractivity contribution is -0.129. The topological polar surface area (TPSA) is 66.5 Å². The van der Waals surface area contributed by atoms with Crippen molar-refractivity contribution in [3.8, 4) is 0 Å². The minimum Gasteiger partial charge on any atom is -0.325 e. The molecule has 0 aliphatic carbocycles. The molecular formula is C8H16N2O3S. The third kappa shape index (κ3) is 2.68. The van der Waals surface area contributed by atoms with Gasteiger partial charge in [-0.3, -0.25) is 10.1 Å². The first-order valence-corrected chi connectivity index (χ1v) is 6.61. The van der Waals surface area contributed by atoms with Crippen molar-refractivity contribution in [1.29, 1.82) is 0 Å². The number of carbonyl (C=O) groups excluding carboxylic acids is 1. The second kappa shape index (κ2) is 3.86. The van der Waals surface area contributed by atoms with E-state index >= 15 is 0 Å². The Bertz CT molecular complexity index is 325. The van der Waals surface area contributed by atoms with Gasteiger partial charge in [-0.05, 0) is 13.8 Å². The average molecular weight is 220 g/mol. The van der Waals surface area contributed by atoms with Crippen LogP contribution in [0.2, 0.25) is 0 Å². The predicted octanol–water partition coefficient (Wildman–Crippen LogP) is -0.803. The summed E-state index contributed by atoms with van der Waals surface area (Å²) in [7, 11) is -3.00. The Balaban J connectivity index is 2.57. The number of nitrogens with one attached hydrogen (secondary N) is 1. The lowest BCUT2D eigenvalue weighted by atomic mass is 10.3. The number of amides is 1. The molecule has 6 heteroatoms. The summed E-state index contributed by atoms with van der Waals surface area (Å²) < 4.78 is 21.8. The molecule has 14 heavy (non-hydrogen) atoms. The van der Waals surface area contributed by atoms with Crippen LogP contribution in [0.3, 0.4) is 0 Å². The smallest absolute Gasteiger partial charge is 0.240 e. The number of hydrogen-bond donors (Lipinski definition) is 1. The Kier molecular flexibility index (Phi) is 3.16. The fourth-order valence-corrected chi connectivity index (χ4v) is 2.06. The SMILES string of the molecule is CC1NC(C)N(CCS(C)(=O)=O)C1=O. The van der Waals surface area contributed by atoms with E-state index in [-0.39, 0.29) is 30.4 Å². The molecule has 2 unspecified atom stereocenters. The first-order valence-electron chi connectivity index (χ1n) is 4.55. The van der Waals surface area contributed by atoms with Crippen molar-refractivity contribution in [2.45, 2.75) is 26.1 Å². The number of rotatable bonds is 3. The average Bonchev–Trinajstić information content (AvgIpc) is 2.23. The Morgan fingerprint density at radius 3 is 2.36 bits per heavy atom. The van der Waals surface area contributed by atoms with Crippen LogP contribution in [0.5, 0.6) is 0 Å². The van der Waals surface area contributed by atoms with Gasteiger partial charge in [-0.25, -0.2) is 8.42 Å². The van der Waals surface area contributed by atoms with Crippen LogP contribution in [0.25, 0.3) is 0 Å². The summed E-state index contributed by atoms with van der Waals surface area (Å²) in [5.74, 6) is -0.00144. The fourth-order valence-electron chi connectivity index (χ4n) is 1.53. The highest BCUT2D eigenvalue weighted by Gasteiger charge is 2.33. The Hall–Kier alpha value is -0.620. The van der Waals surface area contributed by atoms with E-state index in [1.54, 1.807) is 11.8 Å². The van der Waals surface area contributed by atoms with Crippen molar-refractivity contribution < 1.29 is 13.2 Å². The van der Waals surface area contributed by atoms with Crippen LogP contribution < -0.4 is 5.32 Å². The lowest BCUT2D eigenvalue weighted by Crippen LogP contribution is -2.37. The lowest BCUT2D eigenvalue weighted by Gasteiger charge is -2.19. The summed E-state index contributed by atoms with van der Waals surface area (Å²) in [6.45, 7) is 3.90. The molecule has 1 rings (SSSR count). The van der Waals surface area contributed by atoms with Gasteiger partial charge >= 0.3 is 0 Å². The van der Waals surface area contributed by atoms with Gasteiger partial charge in [0.2, 0.25) is 5.91 Å². The number of nitrogens with zero attached hydrogens (tertiary/aromatic N) is 1. The minimum atomic E-state index is -3.00. The highest BCUT2D eigenvalue weighted by molar-refractivity contribution is 7.90. The molecule has 82 valence electrons. The minimum absolute atomic E-state index is 0.0253. The molecule has 0 radical (unpaired) electrons. The quantitative estimate of drug-likeness (QED) is 0.676. The summed E-state index contributed by atoms with van der Waals surface area (Å²) >= 11 is 0. The highest BCUT2D eigenvalue weighted by Crippen LogP contribution is 2.09. The van der Waals surface area contributed by atoms with Gasteiger partial charge in [-0.1, -0.05) is 0 Å².